The first-order valence-corrected chi connectivity index (χ1v) is 10.0. The van der Waals surface area contributed by atoms with Crippen LogP contribution in [0.4, 0.5) is 0 Å². The number of aryl methyl sites for hydroxylation is 3. The maximum absolute atomic E-state index is 12.4. The number of rotatable bonds is 8. The van der Waals surface area contributed by atoms with E-state index in [9.17, 15) is 9.59 Å². The monoisotopic (exact) mass is 375 g/mol. The summed E-state index contributed by atoms with van der Waals surface area (Å²) < 4.78 is 0. The van der Waals surface area contributed by atoms with Gasteiger partial charge < -0.3 is 10.3 Å². The van der Waals surface area contributed by atoms with Crippen molar-refractivity contribution in [2.24, 2.45) is 0 Å². The van der Waals surface area contributed by atoms with Gasteiger partial charge in [-0.3, -0.25) is 9.59 Å². The summed E-state index contributed by atoms with van der Waals surface area (Å²) in [7, 11) is 0. The van der Waals surface area contributed by atoms with Crippen LogP contribution in [0.15, 0.2) is 42.5 Å². The molecule has 0 unspecified atom stereocenters. The lowest BCUT2D eigenvalue weighted by Gasteiger charge is -2.06. The van der Waals surface area contributed by atoms with Crippen LogP contribution in [-0.2, 0) is 24.1 Å². The molecule has 3 aromatic rings. The zero-order chi connectivity index (χ0) is 19.3. The maximum Gasteiger partial charge on any atom is 0.220 e. The third-order valence-corrected chi connectivity index (χ3v) is 5.35. The number of benzene rings is 2. The molecular weight excluding hydrogens is 350 g/mol. The molecular formula is C23H25N3O2. The maximum atomic E-state index is 12.4. The van der Waals surface area contributed by atoms with Gasteiger partial charge in [0.1, 0.15) is 5.82 Å². The molecule has 5 heteroatoms. The fourth-order valence-electron chi connectivity index (χ4n) is 3.81. The highest BCUT2D eigenvalue weighted by Crippen LogP contribution is 2.23. The zero-order valence-corrected chi connectivity index (χ0v) is 16.0. The van der Waals surface area contributed by atoms with Crippen molar-refractivity contribution in [3.63, 3.8) is 0 Å². The highest BCUT2D eigenvalue weighted by Gasteiger charge is 2.14. The number of carbonyl (C=O) groups excluding carboxylic acids is 2. The summed E-state index contributed by atoms with van der Waals surface area (Å²) in [6.45, 7) is 0.586. The summed E-state index contributed by atoms with van der Waals surface area (Å²) in [6, 6.07) is 13.9. The number of hydrogen-bond acceptors (Lipinski definition) is 3. The van der Waals surface area contributed by atoms with Crippen LogP contribution in [0.3, 0.4) is 0 Å². The summed E-state index contributed by atoms with van der Waals surface area (Å²) >= 11 is 0. The van der Waals surface area contributed by atoms with Gasteiger partial charge in [0.2, 0.25) is 5.91 Å². The lowest BCUT2D eigenvalue weighted by molar-refractivity contribution is -0.121. The summed E-state index contributed by atoms with van der Waals surface area (Å²) in [4.78, 5) is 32.2. The van der Waals surface area contributed by atoms with Crippen LogP contribution in [0.2, 0.25) is 0 Å². The minimum atomic E-state index is -0.0703. The van der Waals surface area contributed by atoms with Crippen molar-refractivity contribution in [2.75, 3.05) is 6.54 Å². The second-order valence-corrected chi connectivity index (χ2v) is 7.41. The van der Waals surface area contributed by atoms with Gasteiger partial charge in [0.05, 0.1) is 11.0 Å². The molecule has 0 aliphatic heterocycles. The lowest BCUT2D eigenvalue weighted by Crippen LogP contribution is -2.25. The van der Waals surface area contributed by atoms with Crippen LogP contribution >= 0.6 is 0 Å². The van der Waals surface area contributed by atoms with E-state index in [1.807, 2.05) is 36.4 Å². The van der Waals surface area contributed by atoms with Gasteiger partial charge in [-0.05, 0) is 55.0 Å². The summed E-state index contributed by atoms with van der Waals surface area (Å²) in [5.41, 5.74) is 5.39. The number of Topliss-reactive ketones (excluding diaryl/α,β-unsaturated/α-hetero) is 1. The van der Waals surface area contributed by atoms with Crippen molar-refractivity contribution >= 4 is 22.7 Å². The highest BCUT2D eigenvalue weighted by molar-refractivity contribution is 5.98. The predicted octanol–water partition coefficient (Wildman–Crippen LogP) is 3.76. The number of aromatic amines is 1. The Morgan fingerprint density at radius 3 is 2.79 bits per heavy atom. The van der Waals surface area contributed by atoms with E-state index in [1.54, 1.807) is 0 Å². The number of amides is 1. The van der Waals surface area contributed by atoms with E-state index in [0.29, 0.717) is 6.54 Å². The molecule has 2 aromatic carbocycles. The third kappa shape index (κ3) is 4.30. The van der Waals surface area contributed by atoms with Gasteiger partial charge in [0.25, 0.3) is 0 Å². The number of ketones is 1. The molecule has 0 atom stereocenters. The molecule has 0 saturated carbocycles. The van der Waals surface area contributed by atoms with Gasteiger partial charge in [-0.15, -0.1) is 0 Å². The number of fused-ring (bicyclic) bond motifs is 2. The topological polar surface area (TPSA) is 74.8 Å². The Bertz CT molecular complexity index is 973. The fraction of sp³-hybridized carbons (Fsp3) is 0.348. The summed E-state index contributed by atoms with van der Waals surface area (Å²) in [5.74, 6) is 0.911. The third-order valence-electron chi connectivity index (χ3n) is 5.35. The smallest absolute Gasteiger partial charge is 0.220 e. The van der Waals surface area contributed by atoms with Crippen molar-refractivity contribution < 1.29 is 9.59 Å². The minimum Gasteiger partial charge on any atom is -0.356 e. The van der Waals surface area contributed by atoms with Gasteiger partial charge in [-0.2, -0.15) is 0 Å². The largest absolute Gasteiger partial charge is 0.356 e. The number of hydrogen-bond donors (Lipinski definition) is 2. The quantitative estimate of drug-likeness (QED) is 0.465. The fourth-order valence-corrected chi connectivity index (χ4v) is 3.81. The number of carbonyl (C=O) groups is 2. The molecule has 1 heterocycles. The predicted molar refractivity (Wildman–Crippen MR) is 109 cm³/mol. The molecule has 2 N–H and O–H groups in total. The SMILES string of the molecule is O=C(CCC(=O)c1ccc2c(c1)CCC2)NCCCc1nc2ccccc2[nH]1. The molecule has 1 aliphatic rings. The second-order valence-electron chi connectivity index (χ2n) is 7.41. The van der Waals surface area contributed by atoms with Crippen LogP contribution < -0.4 is 5.32 Å². The van der Waals surface area contributed by atoms with Crippen LogP contribution in [0.25, 0.3) is 11.0 Å². The molecule has 0 saturated heterocycles. The normalized spacial score (nSPS) is 12.9. The molecule has 0 bridgehead atoms. The lowest BCUT2D eigenvalue weighted by atomic mass is 10.0. The first-order chi connectivity index (χ1) is 13.7. The van der Waals surface area contributed by atoms with Crippen LogP contribution in [0.5, 0.6) is 0 Å². The van der Waals surface area contributed by atoms with E-state index in [2.05, 4.69) is 21.4 Å². The number of imidazole rings is 1. The number of aromatic nitrogens is 2. The Morgan fingerprint density at radius 2 is 1.89 bits per heavy atom. The highest BCUT2D eigenvalue weighted by atomic mass is 16.2. The van der Waals surface area contributed by atoms with E-state index in [4.69, 9.17) is 0 Å². The average molecular weight is 375 g/mol. The number of nitrogens with one attached hydrogen (secondary N) is 2. The molecule has 0 radical (unpaired) electrons. The first-order valence-electron chi connectivity index (χ1n) is 10.0. The molecule has 1 aliphatic carbocycles. The van der Waals surface area contributed by atoms with Crippen molar-refractivity contribution in [1.82, 2.24) is 15.3 Å². The minimum absolute atomic E-state index is 0.0483. The van der Waals surface area contributed by atoms with E-state index in [1.165, 1.54) is 17.5 Å². The molecule has 1 amide bonds. The summed E-state index contributed by atoms with van der Waals surface area (Å²) in [6.07, 6.45) is 5.42. The van der Waals surface area contributed by atoms with Gasteiger partial charge in [-0.25, -0.2) is 4.98 Å². The van der Waals surface area contributed by atoms with Gasteiger partial charge in [-0.1, -0.05) is 24.3 Å². The summed E-state index contributed by atoms with van der Waals surface area (Å²) in [5, 5.41) is 2.90. The Labute approximate surface area is 164 Å². The van der Waals surface area contributed by atoms with Crippen LogP contribution in [0, 0.1) is 0 Å². The molecule has 144 valence electrons. The zero-order valence-electron chi connectivity index (χ0n) is 16.0. The van der Waals surface area contributed by atoms with Gasteiger partial charge in [0.15, 0.2) is 5.78 Å². The van der Waals surface area contributed by atoms with Crippen molar-refractivity contribution in [1.29, 1.82) is 0 Å². The Morgan fingerprint density at radius 1 is 1.04 bits per heavy atom. The van der Waals surface area contributed by atoms with E-state index >= 15 is 0 Å². The van der Waals surface area contributed by atoms with Gasteiger partial charge in [0, 0.05) is 31.4 Å². The molecule has 0 spiro atoms. The van der Waals surface area contributed by atoms with E-state index < -0.39 is 0 Å². The van der Waals surface area contributed by atoms with Crippen molar-refractivity contribution in [2.45, 2.75) is 44.9 Å². The Balaban J connectivity index is 1.18. The van der Waals surface area contributed by atoms with Crippen LogP contribution in [-0.4, -0.2) is 28.2 Å². The number of nitrogens with zero attached hydrogens (tertiary/aromatic N) is 1. The Kier molecular flexibility index (Phi) is 5.51. The van der Waals surface area contributed by atoms with E-state index in [0.717, 1.165) is 48.1 Å². The molecule has 5 nitrogen and oxygen atoms in total. The molecule has 28 heavy (non-hydrogen) atoms. The molecule has 1 aromatic heterocycles. The number of H-pyrrole nitrogens is 1. The van der Waals surface area contributed by atoms with Crippen LogP contribution in [0.1, 0.15) is 53.0 Å². The second kappa shape index (κ2) is 8.38. The first kappa shape index (κ1) is 18.4. The number of para-hydroxylation sites is 2. The standard InChI is InChI=1S/C23H25N3O2/c27-21(18-11-10-16-5-3-6-17(16)15-18)12-13-23(28)24-14-4-9-22-25-19-7-1-2-8-20(19)26-22/h1-2,7-8,10-11,15H,3-6,9,12-14H2,(H,24,28)(H,25,26). The Hall–Kier alpha value is -2.95. The van der Waals surface area contributed by atoms with Gasteiger partial charge >= 0.3 is 0 Å². The van der Waals surface area contributed by atoms with E-state index in [-0.39, 0.29) is 24.5 Å². The molecule has 0 fully saturated rings. The average Bonchev–Trinajstić information content (AvgIpc) is 3.34. The van der Waals surface area contributed by atoms with Crippen molar-refractivity contribution in [3.8, 4) is 0 Å². The molecule has 4 rings (SSSR count). The van der Waals surface area contributed by atoms with Crippen molar-refractivity contribution in [3.05, 3.63) is 65.0 Å².